The third-order valence-corrected chi connectivity index (χ3v) is 6.73. The molecule has 4 rings (SSSR count). The van der Waals surface area contributed by atoms with Crippen LogP contribution in [-0.2, 0) is 9.59 Å². The van der Waals surface area contributed by atoms with Crippen molar-refractivity contribution in [2.45, 2.75) is 12.3 Å². The number of thioether (sulfide) groups is 1. The van der Waals surface area contributed by atoms with Crippen LogP contribution in [0.2, 0.25) is 10.0 Å². The fourth-order valence-electron chi connectivity index (χ4n) is 3.49. The number of benzene rings is 3. The van der Waals surface area contributed by atoms with Gasteiger partial charge in [0.15, 0.2) is 18.1 Å². The van der Waals surface area contributed by atoms with Gasteiger partial charge in [-0.2, -0.15) is 0 Å². The average molecular weight is 517 g/mol. The van der Waals surface area contributed by atoms with Crippen LogP contribution in [0.25, 0.3) is 0 Å². The van der Waals surface area contributed by atoms with E-state index in [1.165, 1.54) is 11.8 Å². The lowest BCUT2D eigenvalue weighted by molar-refractivity contribution is -0.118. The fraction of sp³-hybridized carbons (Fsp3) is 0.200. The van der Waals surface area contributed by atoms with E-state index in [9.17, 15) is 9.59 Å². The molecule has 0 aromatic heterocycles. The Bertz CT molecular complexity index is 1170. The second kappa shape index (κ2) is 11.0. The molecule has 1 aliphatic heterocycles. The molecule has 176 valence electrons. The summed E-state index contributed by atoms with van der Waals surface area (Å²) in [5.74, 6) is 1.05. The first-order chi connectivity index (χ1) is 16.4. The SMILES string of the molecule is CCOc1cc([C@H]2SCC(=O)N2c2ccc(Cl)cc2)ccc1OCC(=O)Nc1ccc(Cl)cc1. The second-order valence-corrected chi connectivity index (χ2v) is 9.33. The maximum Gasteiger partial charge on any atom is 0.262 e. The number of rotatable bonds is 8. The van der Waals surface area contributed by atoms with Gasteiger partial charge in [-0.25, -0.2) is 0 Å². The Kier molecular flexibility index (Phi) is 7.88. The van der Waals surface area contributed by atoms with Crippen LogP contribution in [0.5, 0.6) is 11.5 Å². The van der Waals surface area contributed by atoms with E-state index in [1.54, 1.807) is 47.4 Å². The van der Waals surface area contributed by atoms with Crippen LogP contribution in [0.1, 0.15) is 17.9 Å². The smallest absolute Gasteiger partial charge is 0.262 e. The van der Waals surface area contributed by atoms with Crippen molar-refractivity contribution in [3.05, 3.63) is 82.3 Å². The minimum Gasteiger partial charge on any atom is -0.490 e. The summed E-state index contributed by atoms with van der Waals surface area (Å²) in [6.45, 7) is 2.11. The molecule has 0 radical (unpaired) electrons. The Labute approximate surface area is 212 Å². The average Bonchev–Trinajstić information content (AvgIpc) is 3.22. The Balaban J connectivity index is 1.49. The topological polar surface area (TPSA) is 67.9 Å². The van der Waals surface area contributed by atoms with Crippen LogP contribution >= 0.6 is 35.0 Å². The van der Waals surface area contributed by atoms with Crippen molar-refractivity contribution in [2.24, 2.45) is 0 Å². The fourth-order valence-corrected chi connectivity index (χ4v) is 4.91. The van der Waals surface area contributed by atoms with Gasteiger partial charge in [-0.15, -0.1) is 11.8 Å². The van der Waals surface area contributed by atoms with Gasteiger partial charge in [0.2, 0.25) is 5.91 Å². The minimum atomic E-state index is -0.306. The summed E-state index contributed by atoms with van der Waals surface area (Å²) in [5, 5.41) is 3.75. The molecule has 0 aliphatic carbocycles. The number of amides is 2. The van der Waals surface area contributed by atoms with Crippen LogP contribution in [0, 0.1) is 0 Å². The third kappa shape index (κ3) is 5.78. The monoisotopic (exact) mass is 516 g/mol. The molecule has 3 aromatic rings. The lowest BCUT2D eigenvalue weighted by Gasteiger charge is -2.25. The maximum absolute atomic E-state index is 12.6. The number of carbonyl (C=O) groups excluding carboxylic acids is 2. The number of nitrogens with zero attached hydrogens (tertiary/aromatic N) is 1. The molecule has 9 heteroatoms. The summed E-state index contributed by atoms with van der Waals surface area (Å²) in [6.07, 6.45) is 0. The molecule has 1 aliphatic rings. The predicted octanol–water partition coefficient (Wildman–Crippen LogP) is 6.19. The van der Waals surface area contributed by atoms with E-state index in [0.717, 1.165) is 11.3 Å². The highest BCUT2D eigenvalue weighted by Crippen LogP contribution is 2.44. The molecule has 34 heavy (non-hydrogen) atoms. The number of nitrogens with one attached hydrogen (secondary N) is 1. The zero-order valence-electron chi connectivity index (χ0n) is 18.3. The summed E-state index contributed by atoms with van der Waals surface area (Å²) >= 11 is 13.4. The van der Waals surface area contributed by atoms with Crippen LogP contribution in [0.3, 0.4) is 0 Å². The van der Waals surface area contributed by atoms with Crippen molar-refractivity contribution in [2.75, 3.05) is 29.2 Å². The van der Waals surface area contributed by atoms with Gasteiger partial charge in [0.05, 0.1) is 12.4 Å². The molecule has 1 saturated heterocycles. The van der Waals surface area contributed by atoms with Gasteiger partial charge < -0.3 is 14.8 Å². The number of hydrogen-bond acceptors (Lipinski definition) is 5. The lowest BCUT2D eigenvalue weighted by atomic mass is 10.1. The molecule has 0 bridgehead atoms. The Morgan fingerprint density at radius 3 is 2.35 bits per heavy atom. The molecular formula is C25H22Cl2N2O4S. The third-order valence-electron chi connectivity index (χ3n) is 5.01. The number of ether oxygens (including phenoxy) is 2. The number of halogens is 2. The van der Waals surface area contributed by atoms with Crippen LogP contribution in [-0.4, -0.2) is 30.8 Å². The van der Waals surface area contributed by atoms with Crippen LogP contribution in [0.15, 0.2) is 66.7 Å². The zero-order chi connectivity index (χ0) is 24.1. The van der Waals surface area contributed by atoms with E-state index in [1.807, 2.05) is 31.2 Å². The Morgan fingerprint density at radius 2 is 1.68 bits per heavy atom. The largest absolute Gasteiger partial charge is 0.490 e. The van der Waals surface area contributed by atoms with E-state index in [2.05, 4.69) is 5.32 Å². The Hall–Kier alpha value is -2.87. The number of hydrogen-bond donors (Lipinski definition) is 1. The van der Waals surface area contributed by atoms with Crippen molar-refractivity contribution < 1.29 is 19.1 Å². The van der Waals surface area contributed by atoms with Gasteiger partial charge in [0, 0.05) is 21.4 Å². The molecule has 2 amide bonds. The van der Waals surface area contributed by atoms with E-state index >= 15 is 0 Å². The van der Waals surface area contributed by atoms with E-state index in [0.29, 0.717) is 39.6 Å². The summed E-state index contributed by atoms with van der Waals surface area (Å²) in [7, 11) is 0. The molecule has 1 atom stereocenters. The molecule has 1 fully saturated rings. The standard InChI is InChI=1S/C25H22Cl2N2O4S/c1-2-32-22-13-16(25-29(24(31)15-34-25)20-10-6-18(27)7-11-20)3-12-21(22)33-14-23(30)28-19-8-4-17(26)5-9-19/h3-13,25H,2,14-15H2,1H3,(H,28,30)/t25-/m1/s1. The predicted molar refractivity (Wildman–Crippen MR) is 137 cm³/mol. The van der Waals surface area contributed by atoms with Gasteiger partial charge in [-0.05, 0) is 73.2 Å². The zero-order valence-corrected chi connectivity index (χ0v) is 20.6. The molecule has 0 saturated carbocycles. The molecule has 0 unspecified atom stereocenters. The summed E-state index contributed by atoms with van der Waals surface area (Å²) in [6, 6.07) is 19.5. The van der Waals surface area contributed by atoms with Crippen LogP contribution < -0.4 is 19.7 Å². The highest BCUT2D eigenvalue weighted by atomic mass is 35.5. The van der Waals surface area contributed by atoms with E-state index in [-0.39, 0.29) is 23.8 Å². The van der Waals surface area contributed by atoms with Gasteiger partial charge in [-0.3, -0.25) is 14.5 Å². The summed E-state index contributed by atoms with van der Waals surface area (Å²) in [4.78, 5) is 26.7. The first-order valence-corrected chi connectivity index (χ1v) is 12.4. The van der Waals surface area contributed by atoms with Crippen molar-refractivity contribution >= 4 is 58.2 Å². The second-order valence-electron chi connectivity index (χ2n) is 7.39. The molecule has 6 nitrogen and oxygen atoms in total. The number of carbonyl (C=O) groups is 2. The summed E-state index contributed by atoms with van der Waals surface area (Å²) < 4.78 is 11.5. The van der Waals surface area contributed by atoms with E-state index < -0.39 is 0 Å². The molecule has 1 N–H and O–H groups in total. The first-order valence-electron chi connectivity index (χ1n) is 10.6. The van der Waals surface area contributed by atoms with Crippen molar-refractivity contribution in [1.29, 1.82) is 0 Å². The van der Waals surface area contributed by atoms with Crippen molar-refractivity contribution in [1.82, 2.24) is 0 Å². The molecular weight excluding hydrogens is 495 g/mol. The number of anilines is 2. The van der Waals surface area contributed by atoms with Crippen molar-refractivity contribution in [3.8, 4) is 11.5 Å². The normalized spacial score (nSPS) is 15.3. The minimum absolute atomic E-state index is 0.0227. The lowest BCUT2D eigenvalue weighted by Crippen LogP contribution is -2.27. The highest BCUT2D eigenvalue weighted by molar-refractivity contribution is 8.00. The van der Waals surface area contributed by atoms with E-state index in [4.69, 9.17) is 32.7 Å². The molecule has 0 spiro atoms. The van der Waals surface area contributed by atoms with Gasteiger partial charge >= 0.3 is 0 Å². The van der Waals surface area contributed by atoms with Crippen LogP contribution in [0.4, 0.5) is 11.4 Å². The summed E-state index contributed by atoms with van der Waals surface area (Å²) in [5.41, 5.74) is 2.30. The quantitative estimate of drug-likeness (QED) is 0.386. The first kappa shape index (κ1) is 24.3. The van der Waals surface area contributed by atoms with Crippen molar-refractivity contribution in [3.63, 3.8) is 0 Å². The van der Waals surface area contributed by atoms with Gasteiger partial charge in [0.1, 0.15) is 5.37 Å². The van der Waals surface area contributed by atoms with Gasteiger partial charge in [0.25, 0.3) is 5.91 Å². The van der Waals surface area contributed by atoms with Gasteiger partial charge in [-0.1, -0.05) is 29.3 Å². The highest BCUT2D eigenvalue weighted by Gasteiger charge is 2.34. The molecule has 3 aromatic carbocycles. The maximum atomic E-state index is 12.6. The molecule has 1 heterocycles. The Morgan fingerprint density at radius 1 is 1.00 bits per heavy atom.